The first-order valence-electron chi connectivity index (χ1n) is 9.88. The first kappa shape index (κ1) is 21.6. The Hall–Kier alpha value is -2.09. The highest BCUT2D eigenvalue weighted by atomic mass is 35.5. The van der Waals surface area contributed by atoms with E-state index in [9.17, 15) is 4.79 Å². The van der Waals surface area contributed by atoms with E-state index in [4.69, 9.17) is 20.8 Å². The van der Waals surface area contributed by atoms with Crippen molar-refractivity contribution >= 4 is 42.3 Å². The van der Waals surface area contributed by atoms with Gasteiger partial charge in [-0.3, -0.25) is 4.79 Å². The highest BCUT2D eigenvalue weighted by molar-refractivity contribution is 6.76. The molecule has 0 bridgehead atoms. The number of nitrogens with one attached hydrogen (secondary N) is 1. The number of ether oxygens (including phenoxy) is 1. The van der Waals surface area contributed by atoms with E-state index < -0.39 is 8.07 Å². The molecule has 0 aliphatic rings. The number of anilines is 1. The number of carbonyl (C=O) groups is 1. The SMILES string of the molecule is CCCC(=O)Nc1nn(COCC[Si](C)(C)C)c2cc(Cl)c(-c3ccoc3)cc12. The number of rotatable bonds is 9. The summed E-state index contributed by atoms with van der Waals surface area (Å²) in [5.41, 5.74) is 2.53. The minimum absolute atomic E-state index is 0.0569. The predicted molar refractivity (Wildman–Crippen MR) is 120 cm³/mol. The molecular formula is C21H28ClN3O3Si. The molecule has 3 aromatic rings. The molecule has 29 heavy (non-hydrogen) atoms. The second kappa shape index (κ2) is 9.15. The van der Waals surface area contributed by atoms with E-state index in [1.807, 2.05) is 25.1 Å². The topological polar surface area (TPSA) is 69.3 Å². The first-order chi connectivity index (χ1) is 13.8. The molecule has 6 nitrogen and oxygen atoms in total. The summed E-state index contributed by atoms with van der Waals surface area (Å²) in [6, 6.07) is 6.74. The monoisotopic (exact) mass is 433 g/mol. The van der Waals surface area contributed by atoms with Crippen LogP contribution in [0.1, 0.15) is 19.8 Å². The molecule has 0 unspecified atom stereocenters. The van der Waals surface area contributed by atoms with Gasteiger partial charge in [0.1, 0.15) is 6.73 Å². The van der Waals surface area contributed by atoms with E-state index in [1.54, 1.807) is 17.2 Å². The maximum absolute atomic E-state index is 12.2. The predicted octanol–water partition coefficient (Wildman–Crippen LogP) is 6.00. The molecule has 1 N–H and O–H groups in total. The van der Waals surface area contributed by atoms with Crippen molar-refractivity contribution < 1.29 is 13.9 Å². The van der Waals surface area contributed by atoms with Crippen LogP contribution in [0.4, 0.5) is 5.82 Å². The zero-order valence-electron chi connectivity index (χ0n) is 17.4. The standard InChI is InChI=1S/C21H28ClN3O3Si/c1-5-6-20(26)23-21-17-11-16(15-7-8-27-13-15)18(22)12-19(17)25(24-21)14-28-9-10-29(2,3)4/h7-8,11-13H,5-6,9-10,14H2,1-4H3,(H,23,24,26). The van der Waals surface area contributed by atoms with Gasteiger partial charge in [0.15, 0.2) is 5.82 Å². The lowest BCUT2D eigenvalue weighted by atomic mass is 10.1. The van der Waals surface area contributed by atoms with Gasteiger partial charge in [-0.15, -0.1) is 0 Å². The Morgan fingerprint density at radius 1 is 1.34 bits per heavy atom. The quantitative estimate of drug-likeness (QED) is 0.332. The molecular weight excluding hydrogens is 406 g/mol. The van der Waals surface area contributed by atoms with Crippen molar-refractivity contribution in [2.45, 2.75) is 52.2 Å². The van der Waals surface area contributed by atoms with Crippen LogP contribution in [0.5, 0.6) is 0 Å². The van der Waals surface area contributed by atoms with Gasteiger partial charge >= 0.3 is 0 Å². The normalized spacial score (nSPS) is 11.9. The maximum Gasteiger partial charge on any atom is 0.225 e. The van der Waals surface area contributed by atoms with Gasteiger partial charge in [0.25, 0.3) is 0 Å². The molecule has 8 heteroatoms. The van der Waals surface area contributed by atoms with E-state index in [2.05, 4.69) is 30.1 Å². The molecule has 0 spiro atoms. The Bertz CT molecular complexity index is 977. The number of furan rings is 1. The summed E-state index contributed by atoms with van der Waals surface area (Å²) < 4.78 is 12.8. The van der Waals surface area contributed by atoms with Crippen LogP contribution in [0.25, 0.3) is 22.0 Å². The lowest BCUT2D eigenvalue weighted by Crippen LogP contribution is -2.22. The van der Waals surface area contributed by atoms with Crippen LogP contribution >= 0.6 is 11.6 Å². The van der Waals surface area contributed by atoms with E-state index in [-0.39, 0.29) is 5.91 Å². The summed E-state index contributed by atoms with van der Waals surface area (Å²) in [6.07, 6.45) is 4.47. The van der Waals surface area contributed by atoms with Gasteiger partial charge in [-0.2, -0.15) is 5.10 Å². The third-order valence-electron chi connectivity index (χ3n) is 4.62. The number of amides is 1. The van der Waals surface area contributed by atoms with Crippen molar-refractivity contribution in [3.8, 4) is 11.1 Å². The fraction of sp³-hybridized carbons (Fsp3) is 0.429. The Kier molecular flexibility index (Phi) is 6.82. The Balaban J connectivity index is 1.93. The van der Waals surface area contributed by atoms with Gasteiger partial charge in [0, 0.05) is 37.6 Å². The third-order valence-corrected chi connectivity index (χ3v) is 6.63. The molecule has 0 aliphatic heterocycles. The van der Waals surface area contributed by atoms with Crippen LogP contribution in [0, 0.1) is 0 Å². The summed E-state index contributed by atoms with van der Waals surface area (Å²) in [7, 11) is -1.16. The molecule has 0 fully saturated rings. The Morgan fingerprint density at radius 3 is 2.79 bits per heavy atom. The van der Waals surface area contributed by atoms with Gasteiger partial charge in [0.2, 0.25) is 5.91 Å². The molecule has 0 saturated carbocycles. The Morgan fingerprint density at radius 2 is 2.14 bits per heavy atom. The van der Waals surface area contributed by atoms with E-state index in [0.29, 0.717) is 30.6 Å². The van der Waals surface area contributed by atoms with Gasteiger partial charge in [-0.1, -0.05) is 38.2 Å². The number of benzene rings is 1. The largest absolute Gasteiger partial charge is 0.472 e. The zero-order valence-corrected chi connectivity index (χ0v) is 19.2. The van der Waals surface area contributed by atoms with E-state index in [0.717, 1.165) is 34.5 Å². The molecule has 156 valence electrons. The zero-order chi connectivity index (χ0) is 21.0. The third kappa shape index (κ3) is 5.50. The molecule has 2 aromatic heterocycles. The second-order valence-electron chi connectivity index (χ2n) is 8.36. The van der Waals surface area contributed by atoms with Crippen LogP contribution in [0.3, 0.4) is 0 Å². The fourth-order valence-electron chi connectivity index (χ4n) is 2.98. The van der Waals surface area contributed by atoms with Crippen molar-refractivity contribution in [1.82, 2.24) is 9.78 Å². The van der Waals surface area contributed by atoms with Crippen molar-refractivity contribution in [2.75, 3.05) is 11.9 Å². The van der Waals surface area contributed by atoms with Gasteiger partial charge in [0.05, 0.1) is 23.1 Å². The summed E-state index contributed by atoms with van der Waals surface area (Å²) in [5.74, 6) is 0.465. The highest BCUT2D eigenvalue weighted by Crippen LogP contribution is 2.35. The van der Waals surface area contributed by atoms with Crippen molar-refractivity contribution in [3.63, 3.8) is 0 Å². The minimum atomic E-state index is -1.16. The maximum atomic E-state index is 12.2. The van der Waals surface area contributed by atoms with E-state index in [1.165, 1.54) is 0 Å². The highest BCUT2D eigenvalue weighted by Gasteiger charge is 2.18. The molecule has 0 atom stereocenters. The number of carbonyl (C=O) groups excluding carboxylic acids is 1. The number of hydrogen-bond donors (Lipinski definition) is 1. The average molecular weight is 434 g/mol. The van der Waals surface area contributed by atoms with Crippen molar-refractivity contribution in [2.24, 2.45) is 0 Å². The number of nitrogens with zero attached hydrogens (tertiary/aromatic N) is 2. The van der Waals surface area contributed by atoms with Crippen LogP contribution in [-0.2, 0) is 16.3 Å². The lowest BCUT2D eigenvalue weighted by molar-refractivity contribution is -0.116. The molecule has 1 aromatic carbocycles. The Labute approximate surface area is 177 Å². The molecule has 2 heterocycles. The number of fused-ring (bicyclic) bond motifs is 1. The van der Waals surface area contributed by atoms with Gasteiger partial charge in [-0.25, -0.2) is 4.68 Å². The van der Waals surface area contributed by atoms with Crippen LogP contribution in [0.2, 0.25) is 30.7 Å². The molecule has 0 radical (unpaired) electrons. The number of hydrogen-bond acceptors (Lipinski definition) is 4. The number of halogens is 1. The van der Waals surface area contributed by atoms with Crippen LogP contribution < -0.4 is 5.32 Å². The molecule has 0 saturated heterocycles. The average Bonchev–Trinajstić information content (AvgIpc) is 3.26. The fourth-order valence-corrected chi connectivity index (χ4v) is 4.00. The lowest BCUT2D eigenvalue weighted by Gasteiger charge is -2.15. The van der Waals surface area contributed by atoms with Crippen molar-refractivity contribution in [3.05, 3.63) is 35.7 Å². The summed E-state index contributed by atoms with van der Waals surface area (Å²) >= 11 is 6.55. The van der Waals surface area contributed by atoms with E-state index >= 15 is 0 Å². The minimum Gasteiger partial charge on any atom is -0.472 e. The molecule has 3 rings (SSSR count). The van der Waals surface area contributed by atoms with Crippen LogP contribution in [0.15, 0.2) is 35.1 Å². The second-order valence-corrected chi connectivity index (χ2v) is 14.4. The van der Waals surface area contributed by atoms with Crippen LogP contribution in [-0.4, -0.2) is 30.4 Å². The molecule has 1 amide bonds. The van der Waals surface area contributed by atoms with Gasteiger partial charge < -0.3 is 14.5 Å². The smallest absolute Gasteiger partial charge is 0.225 e. The summed E-state index contributed by atoms with van der Waals surface area (Å²) in [5, 5.41) is 8.94. The summed E-state index contributed by atoms with van der Waals surface area (Å²) in [4.78, 5) is 12.2. The molecule has 0 aliphatic carbocycles. The van der Waals surface area contributed by atoms with Crippen molar-refractivity contribution in [1.29, 1.82) is 0 Å². The van der Waals surface area contributed by atoms with Gasteiger partial charge in [-0.05, 0) is 30.7 Å². The summed E-state index contributed by atoms with van der Waals surface area (Å²) in [6.45, 7) is 9.93. The number of aromatic nitrogens is 2. The first-order valence-corrected chi connectivity index (χ1v) is 14.0.